The van der Waals surface area contributed by atoms with Gasteiger partial charge in [-0.05, 0) is 31.4 Å². The lowest BCUT2D eigenvalue weighted by Gasteiger charge is -2.15. The first-order chi connectivity index (χ1) is 8.86. The van der Waals surface area contributed by atoms with Gasteiger partial charge in [0.1, 0.15) is 5.76 Å². The molecule has 0 radical (unpaired) electrons. The summed E-state index contributed by atoms with van der Waals surface area (Å²) in [6.45, 7) is 12.2. The van der Waals surface area contributed by atoms with Gasteiger partial charge in [0.05, 0.1) is 12.2 Å². The molecule has 2 rings (SSSR count). The van der Waals surface area contributed by atoms with Gasteiger partial charge in [0.15, 0.2) is 0 Å². The number of thiophene rings is 1. The van der Waals surface area contributed by atoms with Crippen LogP contribution >= 0.6 is 11.3 Å². The van der Waals surface area contributed by atoms with Gasteiger partial charge in [0.2, 0.25) is 5.89 Å². The molecule has 0 saturated carbocycles. The molecule has 4 heteroatoms. The van der Waals surface area contributed by atoms with Crippen LogP contribution in [0.1, 0.15) is 47.9 Å². The molecule has 0 fully saturated rings. The first-order valence-corrected chi connectivity index (χ1v) is 7.41. The summed E-state index contributed by atoms with van der Waals surface area (Å²) in [6, 6.07) is 4.42. The van der Waals surface area contributed by atoms with E-state index in [2.05, 4.69) is 43.2 Å². The number of hydrogen-bond donors (Lipinski definition) is 1. The molecule has 2 aromatic rings. The SMILES string of the molecule is Cc1nc(CNCc2ccc(C(C)(C)C)s2)oc1C. The highest BCUT2D eigenvalue weighted by atomic mass is 32.1. The van der Waals surface area contributed by atoms with Gasteiger partial charge >= 0.3 is 0 Å². The highest BCUT2D eigenvalue weighted by Crippen LogP contribution is 2.29. The Hall–Kier alpha value is -1.13. The Kier molecular flexibility index (Phi) is 4.11. The molecule has 0 atom stereocenters. The fourth-order valence-corrected chi connectivity index (χ4v) is 2.82. The zero-order chi connectivity index (χ0) is 14.0. The van der Waals surface area contributed by atoms with Gasteiger partial charge in [-0.25, -0.2) is 4.98 Å². The van der Waals surface area contributed by atoms with E-state index in [1.807, 2.05) is 25.2 Å². The average molecular weight is 278 g/mol. The average Bonchev–Trinajstić information content (AvgIpc) is 2.87. The Bertz CT molecular complexity index is 529. The summed E-state index contributed by atoms with van der Waals surface area (Å²) in [4.78, 5) is 7.14. The highest BCUT2D eigenvalue weighted by Gasteiger charge is 2.15. The topological polar surface area (TPSA) is 38.1 Å². The van der Waals surface area contributed by atoms with Crippen molar-refractivity contribution < 1.29 is 4.42 Å². The second kappa shape index (κ2) is 5.47. The largest absolute Gasteiger partial charge is 0.444 e. The van der Waals surface area contributed by atoms with E-state index in [0.29, 0.717) is 6.54 Å². The lowest BCUT2D eigenvalue weighted by molar-refractivity contribution is 0.449. The van der Waals surface area contributed by atoms with Crippen molar-refractivity contribution >= 4 is 11.3 Å². The molecule has 0 unspecified atom stereocenters. The first-order valence-electron chi connectivity index (χ1n) is 6.59. The maximum Gasteiger partial charge on any atom is 0.208 e. The molecule has 2 aromatic heterocycles. The van der Waals surface area contributed by atoms with Crippen molar-refractivity contribution in [1.29, 1.82) is 0 Å². The molecule has 0 amide bonds. The van der Waals surface area contributed by atoms with Gasteiger partial charge in [-0.1, -0.05) is 20.8 Å². The monoisotopic (exact) mass is 278 g/mol. The van der Waals surface area contributed by atoms with Crippen LogP contribution < -0.4 is 5.32 Å². The first kappa shape index (κ1) is 14.3. The minimum Gasteiger partial charge on any atom is -0.444 e. The van der Waals surface area contributed by atoms with Crippen molar-refractivity contribution in [3.8, 4) is 0 Å². The van der Waals surface area contributed by atoms with Crippen molar-refractivity contribution in [2.75, 3.05) is 0 Å². The summed E-state index contributed by atoms with van der Waals surface area (Å²) in [7, 11) is 0. The molecule has 0 spiro atoms. The molecule has 3 nitrogen and oxygen atoms in total. The van der Waals surface area contributed by atoms with Crippen LogP contribution in [0, 0.1) is 13.8 Å². The number of oxazole rings is 1. The second-order valence-electron chi connectivity index (χ2n) is 5.87. The summed E-state index contributed by atoms with van der Waals surface area (Å²) in [5.74, 6) is 1.67. The maximum absolute atomic E-state index is 5.54. The predicted octanol–water partition coefficient (Wildman–Crippen LogP) is 3.94. The van der Waals surface area contributed by atoms with Gasteiger partial charge in [-0.15, -0.1) is 11.3 Å². The molecule has 0 aliphatic rings. The minimum absolute atomic E-state index is 0.236. The fraction of sp³-hybridized carbons (Fsp3) is 0.533. The Morgan fingerprint density at radius 1 is 1.21 bits per heavy atom. The van der Waals surface area contributed by atoms with Crippen LogP contribution in [0.5, 0.6) is 0 Å². The maximum atomic E-state index is 5.54. The van der Waals surface area contributed by atoms with Crippen LogP contribution in [-0.4, -0.2) is 4.98 Å². The Balaban J connectivity index is 1.87. The van der Waals surface area contributed by atoms with Crippen molar-refractivity contribution in [2.45, 2.75) is 53.1 Å². The zero-order valence-corrected chi connectivity index (χ0v) is 13.1. The van der Waals surface area contributed by atoms with Gasteiger partial charge < -0.3 is 9.73 Å². The Morgan fingerprint density at radius 3 is 2.47 bits per heavy atom. The van der Waals surface area contributed by atoms with E-state index >= 15 is 0 Å². The van der Waals surface area contributed by atoms with E-state index in [0.717, 1.165) is 23.9 Å². The third-order valence-corrected chi connectivity index (χ3v) is 4.56. The molecule has 1 N–H and O–H groups in total. The van der Waals surface area contributed by atoms with E-state index in [1.54, 1.807) is 0 Å². The lowest BCUT2D eigenvalue weighted by atomic mass is 9.95. The van der Waals surface area contributed by atoms with Crippen molar-refractivity contribution in [1.82, 2.24) is 10.3 Å². The summed E-state index contributed by atoms with van der Waals surface area (Å²) in [5.41, 5.74) is 1.21. The third-order valence-electron chi connectivity index (χ3n) is 3.05. The number of aryl methyl sites for hydroxylation is 2. The van der Waals surface area contributed by atoms with E-state index < -0.39 is 0 Å². The molecule has 19 heavy (non-hydrogen) atoms. The molecular weight excluding hydrogens is 256 g/mol. The second-order valence-corrected chi connectivity index (χ2v) is 7.04. The normalized spacial score (nSPS) is 12.1. The van der Waals surface area contributed by atoms with Crippen LogP contribution in [0.4, 0.5) is 0 Å². The molecule has 0 bridgehead atoms. The number of rotatable bonds is 4. The standard InChI is InChI=1S/C15H22N2OS/c1-10-11(2)18-14(17-10)9-16-8-12-6-7-13(19-12)15(3,4)5/h6-7,16H,8-9H2,1-5H3. The van der Waals surface area contributed by atoms with Crippen LogP contribution in [0.3, 0.4) is 0 Å². The zero-order valence-electron chi connectivity index (χ0n) is 12.3. The molecule has 0 aliphatic heterocycles. The number of hydrogen-bond acceptors (Lipinski definition) is 4. The Labute approximate surface area is 119 Å². The number of aromatic nitrogens is 1. The lowest BCUT2D eigenvalue weighted by Crippen LogP contribution is -2.12. The van der Waals surface area contributed by atoms with Gasteiger partial charge in [0.25, 0.3) is 0 Å². The number of nitrogens with one attached hydrogen (secondary N) is 1. The van der Waals surface area contributed by atoms with E-state index in [4.69, 9.17) is 4.42 Å². The van der Waals surface area contributed by atoms with Crippen LogP contribution in [0.2, 0.25) is 0 Å². The highest BCUT2D eigenvalue weighted by molar-refractivity contribution is 7.12. The Morgan fingerprint density at radius 2 is 1.95 bits per heavy atom. The van der Waals surface area contributed by atoms with Gasteiger partial charge in [-0.3, -0.25) is 0 Å². The van der Waals surface area contributed by atoms with Crippen molar-refractivity contribution in [3.63, 3.8) is 0 Å². The van der Waals surface area contributed by atoms with Gasteiger partial charge in [-0.2, -0.15) is 0 Å². The van der Waals surface area contributed by atoms with E-state index in [1.165, 1.54) is 9.75 Å². The summed E-state index contributed by atoms with van der Waals surface area (Å²) in [6.07, 6.45) is 0. The van der Waals surface area contributed by atoms with Crippen LogP contribution in [-0.2, 0) is 18.5 Å². The molecule has 0 aliphatic carbocycles. The fourth-order valence-electron chi connectivity index (χ4n) is 1.78. The molecule has 0 aromatic carbocycles. The minimum atomic E-state index is 0.236. The molecular formula is C15H22N2OS. The molecule has 2 heterocycles. The third kappa shape index (κ3) is 3.67. The van der Waals surface area contributed by atoms with Crippen LogP contribution in [0.25, 0.3) is 0 Å². The van der Waals surface area contributed by atoms with Gasteiger partial charge in [0, 0.05) is 16.3 Å². The summed E-state index contributed by atoms with van der Waals surface area (Å²) in [5, 5.41) is 3.38. The quantitative estimate of drug-likeness (QED) is 0.920. The van der Waals surface area contributed by atoms with Crippen molar-refractivity contribution in [2.24, 2.45) is 0 Å². The smallest absolute Gasteiger partial charge is 0.208 e. The molecule has 104 valence electrons. The van der Waals surface area contributed by atoms with E-state index in [-0.39, 0.29) is 5.41 Å². The summed E-state index contributed by atoms with van der Waals surface area (Å²) < 4.78 is 5.54. The van der Waals surface area contributed by atoms with Crippen LogP contribution in [0.15, 0.2) is 16.5 Å². The van der Waals surface area contributed by atoms with Crippen molar-refractivity contribution in [3.05, 3.63) is 39.2 Å². The number of nitrogens with zero attached hydrogens (tertiary/aromatic N) is 1. The predicted molar refractivity (Wildman–Crippen MR) is 79.5 cm³/mol. The molecule has 0 saturated heterocycles. The van der Waals surface area contributed by atoms with E-state index in [9.17, 15) is 0 Å². The summed E-state index contributed by atoms with van der Waals surface area (Å²) >= 11 is 1.87.